The summed E-state index contributed by atoms with van der Waals surface area (Å²) < 4.78 is 0. The van der Waals surface area contributed by atoms with Crippen molar-refractivity contribution in [2.75, 3.05) is 0 Å². The molecule has 2 saturated carbocycles. The van der Waals surface area contributed by atoms with Crippen LogP contribution in [0.4, 0.5) is 0 Å². The Morgan fingerprint density at radius 2 is 1.93 bits per heavy atom. The summed E-state index contributed by atoms with van der Waals surface area (Å²) in [6.07, 6.45) is 19.0. The third kappa shape index (κ3) is 2.86. The van der Waals surface area contributed by atoms with Gasteiger partial charge in [-0.15, -0.1) is 0 Å². The van der Waals surface area contributed by atoms with Gasteiger partial charge in [-0.3, -0.25) is 9.78 Å². The number of allylic oxidation sites excluding steroid dienone is 3. The van der Waals surface area contributed by atoms with E-state index in [1.807, 2.05) is 18.3 Å². The molecule has 5 rings (SSSR count). The van der Waals surface area contributed by atoms with Crippen molar-refractivity contribution in [1.82, 2.24) is 4.98 Å². The second-order valence-corrected chi connectivity index (χ2v) is 9.10. The van der Waals surface area contributed by atoms with Crippen molar-refractivity contribution >= 4 is 5.91 Å². The number of fused-ring (bicyclic) bond motifs is 5. The molecule has 1 aromatic heterocycles. The molecule has 2 fully saturated rings. The van der Waals surface area contributed by atoms with Crippen molar-refractivity contribution in [3.05, 3.63) is 53.4 Å². The van der Waals surface area contributed by atoms with Gasteiger partial charge in [-0.1, -0.05) is 35.8 Å². The Morgan fingerprint density at radius 1 is 1.04 bits per heavy atom. The minimum absolute atomic E-state index is 0.227. The Labute approximate surface area is 162 Å². The van der Waals surface area contributed by atoms with Crippen LogP contribution in [-0.4, -0.2) is 10.9 Å². The van der Waals surface area contributed by atoms with E-state index in [0.717, 1.165) is 29.7 Å². The number of amides is 1. The molecule has 0 radical (unpaired) electrons. The van der Waals surface area contributed by atoms with Gasteiger partial charge >= 0.3 is 0 Å². The zero-order valence-electron chi connectivity index (χ0n) is 16.0. The molecule has 3 nitrogen and oxygen atoms in total. The van der Waals surface area contributed by atoms with Crippen LogP contribution in [0.5, 0.6) is 0 Å². The predicted octanol–water partition coefficient (Wildman–Crippen LogP) is 4.76. The Balaban J connectivity index is 1.41. The summed E-state index contributed by atoms with van der Waals surface area (Å²) in [6, 6.07) is 3.91. The molecule has 1 aromatic rings. The first kappa shape index (κ1) is 17.2. The van der Waals surface area contributed by atoms with Crippen LogP contribution in [0.3, 0.4) is 0 Å². The largest absolute Gasteiger partial charge is 0.369 e. The van der Waals surface area contributed by atoms with E-state index in [1.165, 1.54) is 50.5 Å². The van der Waals surface area contributed by atoms with Crippen LogP contribution in [0.15, 0.2) is 47.8 Å². The predicted molar refractivity (Wildman–Crippen MR) is 107 cm³/mol. The maximum atomic E-state index is 12.4. The normalized spacial score (nSPS) is 35.9. The van der Waals surface area contributed by atoms with Gasteiger partial charge in [-0.25, -0.2) is 0 Å². The van der Waals surface area contributed by atoms with Gasteiger partial charge in [0.2, 0.25) is 5.91 Å². The number of carbonyl (C=O) groups excluding carboxylic acids is 1. The SMILES string of the molecule is NC(=O)C(C1=CCC2C1CCC1C3CCCCC3=CCC12)c1cccnc1. The average molecular weight is 363 g/mol. The van der Waals surface area contributed by atoms with Crippen molar-refractivity contribution in [3.8, 4) is 0 Å². The smallest absolute Gasteiger partial charge is 0.229 e. The fourth-order valence-corrected chi connectivity index (χ4v) is 6.94. The summed E-state index contributed by atoms with van der Waals surface area (Å²) in [5.74, 6) is 3.24. The van der Waals surface area contributed by atoms with E-state index in [4.69, 9.17) is 5.73 Å². The molecular formula is C24H30N2O. The molecule has 1 heterocycles. The van der Waals surface area contributed by atoms with Gasteiger partial charge < -0.3 is 5.73 Å². The molecule has 0 spiro atoms. The van der Waals surface area contributed by atoms with Crippen LogP contribution >= 0.6 is 0 Å². The van der Waals surface area contributed by atoms with Gasteiger partial charge in [0, 0.05) is 12.4 Å². The second kappa shape index (κ2) is 6.92. The number of nitrogens with two attached hydrogens (primary N) is 1. The lowest BCUT2D eigenvalue weighted by Crippen LogP contribution is -2.41. The molecule has 0 bridgehead atoms. The van der Waals surface area contributed by atoms with Gasteiger partial charge in [0.25, 0.3) is 0 Å². The molecule has 2 N–H and O–H groups in total. The van der Waals surface area contributed by atoms with Crippen molar-refractivity contribution in [2.24, 2.45) is 35.3 Å². The summed E-state index contributed by atoms with van der Waals surface area (Å²) in [5, 5.41) is 0. The summed E-state index contributed by atoms with van der Waals surface area (Å²) >= 11 is 0. The molecule has 3 heteroatoms. The molecule has 27 heavy (non-hydrogen) atoms. The number of pyridine rings is 1. The number of carbonyl (C=O) groups is 1. The first-order chi connectivity index (χ1) is 13.2. The van der Waals surface area contributed by atoms with Gasteiger partial charge in [-0.05, 0) is 86.2 Å². The van der Waals surface area contributed by atoms with E-state index in [2.05, 4.69) is 17.1 Å². The Morgan fingerprint density at radius 3 is 2.74 bits per heavy atom. The highest BCUT2D eigenvalue weighted by molar-refractivity contribution is 5.85. The Bertz CT molecular complexity index is 781. The number of rotatable bonds is 3. The number of hydrogen-bond acceptors (Lipinski definition) is 2. The third-order valence-corrected chi connectivity index (χ3v) is 7.99. The summed E-state index contributed by atoms with van der Waals surface area (Å²) in [4.78, 5) is 16.6. The monoisotopic (exact) mass is 362 g/mol. The van der Waals surface area contributed by atoms with Crippen LogP contribution in [0.25, 0.3) is 0 Å². The lowest BCUT2D eigenvalue weighted by atomic mass is 9.56. The fourth-order valence-electron chi connectivity index (χ4n) is 6.94. The van der Waals surface area contributed by atoms with Crippen molar-refractivity contribution in [3.63, 3.8) is 0 Å². The highest BCUT2D eigenvalue weighted by Gasteiger charge is 2.48. The standard InChI is InChI=1S/C24H30N2O/c25-24(27)23(16-5-3-13-26-14-16)22-12-11-20-19-8-7-15-4-1-2-6-17(15)18(19)9-10-21(20)22/h3,5,7,12-14,17-21,23H,1-2,4,6,8-11H2,(H2,25,27). The Hall–Kier alpha value is -1.90. The average Bonchev–Trinajstić information content (AvgIpc) is 3.12. The minimum Gasteiger partial charge on any atom is -0.369 e. The number of primary amides is 1. The highest BCUT2D eigenvalue weighted by atomic mass is 16.1. The van der Waals surface area contributed by atoms with Crippen molar-refractivity contribution in [1.29, 1.82) is 0 Å². The van der Waals surface area contributed by atoms with Crippen LogP contribution < -0.4 is 5.73 Å². The van der Waals surface area contributed by atoms with E-state index < -0.39 is 0 Å². The van der Waals surface area contributed by atoms with Crippen LogP contribution in [-0.2, 0) is 4.79 Å². The maximum Gasteiger partial charge on any atom is 0.229 e. The highest BCUT2D eigenvalue weighted by Crippen LogP contribution is 2.57. The van der Waals surface area contributed by atoms with E-state index in [-0.39, 0.29) is 11.8 Å². The zero-order valence-corrected chi connectivity index (χ0v) is 16.0. The van der Waals surface area contributed by atoms with Crippen molar-refractivity contribution < 1.29 is 4.79 Å². The van der Waals surface area contributed by atoms with Gasteiger partial charge in [0.05, 0.1) is 5.92 Å². The molecule has 6 unspecified atom stereocenters. The zero-order chi connectivity index (χ0) is 18.4. The molecule has 0 aliphatic heterocycles. The molecular weight excluding hydrogens is 332 g/mol. The maximum absolute atomic E-state index is 12.4. The molecule has 142 valence electrons. The van der Waals surface area contributed by atoms with E-state index in [9.17, 15) is 4.79 Å². The van der Waals surface area contributed by atoms with E-state index in [0.29, 0.717) is 11.8 Å². The molecule has 4 aliphatic rings. The molecule has 1 amide bonds. The molecule has 0 saturated heterocycles. The fraction of sp³-hybridized carbons (Fsp3) is 0.583. The lowest BCUT2D eigenvalue weighted by molar-refractivity contribution is -0.118. The molecule has 0 aromatic carbocycles. The second-order valence-electron chi connectivity index (χ2n) is 9.10. The quantitative estimate of drug-likeness (QED) is 0.788. The summed E-state index contributed by atoms with van der Waals surface area (Å²) in [6.45, 7) is 0. The summed E-state index contributed by atoms with van der Waals surface area (Å²) in [7, 11) is 0. The lowest BCUT2D eigenvalue weighted by Gasteiger charge is -2.49. The van der Waals surface area contributed by atoms with Crippen LogP contribution in [0, 0.1) is 29.6 Å². The number of nitrogens with zero attached hydrogens (tertiary/aromatic N) is 1. The van der Waals surface area contributed by atoms with Gasteiger partial charge in [0.1, 0.15) is 0 Å². The Kier molecular flexibility index (Phi) is 4.41. The molecule has 6 atom stereocenters. The van der Waals surface area contributed by atoms with Crippen molar-refractivity contribution in [2.45, 2.75) is 57.3 Å². The van der Waals surface area contributed by atoms with Gasteiger partial charge in [0.15, 0.2) is 0 Å². The van der Waals surface area contributed by atoms with Gasteiger partial charge in [-0.2, -0.15) is 0 Å². The topological polar surface area (TPSA) is 56.0 Å². The van der Waals surface area contributed by atoms with Crippen LogP contribution in [0.1, 0.15) is 62.8 Å². The van der Waals surface area contributed by atoms with E-state index >= 15 is 0 Å². The molecule has 4 aliphatic carbocycles. The van der Waals surface area contributed by atoms with Crippen LogP contribution in [0.2, 0.25) is 0 Å². The number of aromatic nitrogens is 1. The van der Waals surface area contributed by atoms with E-state index in [1.54, 1.807) is 11.8 Å². The number of hydrogen-bond donors (Lipinski definition) is 1. The first-order valence-electron chi connectivity index (χ1n) is 10.8. The third-order valence-electron chi connectivity index (χ3n) is 7.99. The summed E-state index contributed by atoms with van der Waals surface area (Å²) in [5.41, 5.74) is 9.89. The first-order valence-corrected chi connectivity index (χ1v) is 10.8. The minimum atomic E-state index is -0.297.